The number of phenols is 1. The Morgan fingerprint density at radius 2 is 2.15 bits per heavy atom. The highest BCUT2D eigenvalue weighted by atomic mass is 19.1. The Morgan fingerprint density at radius 1 is 1.54 bits per heavy atom. The topological polar surface area (TPSA) is 66.5 Å². The van der Waals surface area contributed by atoms with Crippen LogP contribution in [0.25, 0.3) is 0 Å². The van der Waals surface area contributed by atoms with Gasteiger partial charge in [0.05, 0.1) is 12.1 Å². The monoisotopic (exact) mass is 185 g/mol. The van der Waals surface area contributed by atoms with Gasteiger partial charge in [-0.1, -0.05) is 0 Å². The molecule has 0 aromatic heterocycles. The number of phenolic OH excluding ortho intramolecular Hbond substituents is 1. The Kier molecular flexibility index (Phi) is 2.54. The minimum Gasteiger partial charge on any atom is -0.508 e. The van der Waals surface area contributed by atoms with Crippen LogP contribution in [0.2, 0.25) is 0 Å². The molecule has 4 N–H and O–H groups in total. The van der Waals surface area contributed by atoms with Gasteiger partial charge in [0.25, 0.3) is 0 Å². The summed E-state index contributed by atoms with van der Waals surface area (Å²) in [4.78, 5) is 0. The van der Waals surface area contributed by atoms with E-state index in [2.05, 4.69) is 0 Å². The number of aliphatic hydroxyl groups excluding tert-OH is 1. The van der Waals surface area contributed by atoms with Gasteiger partial charge in [-0.25, -0.2) is 4.39 Å². The van der Waals surface area contributed by atoms with Crippen LogP contribution in [0.15, 0.2) is 18.2 Å². The minimum absolute atomic E-state index is 0.111. The lowest BCUT2D eigenvalue weighted by Gasteiger charge is -2.23. The van der Waals surface area contributed by atoms with E-state index in [1.807, 2.05) is 0 Å². The van der Waals surface area contributed by atoms with E-state index < -0.39 is 11.4 Å². The zero-order chi connectivity index (χ0) is 10.1. The number of aliphatic hydroxyl groups is 1. The Bertz CT molecular complexity index is 312. The Hall–Kier alpha value is -1.13. The molecule has 0 fully saturated rings. The summed E-state index contributed by atoms with van der Waals surface area (Å²) in [6, 6.07) is 3.46. The quantitative estimate of drug-likeness (QED) is 0.635. The van der Waals surface area contributed by atoms with Crippen LogP contribution in [0.5, 0.6) is 5.75 Å². The van der Waals surface area contributed by atoms with Crippen LogP contribution in [0.3, 0.4) is 0 Å². The van der Waals surface area contributed by atoms with Gasteiger partial charge in [0.15, 0.2) is 0 Å². The molecule has 0 bridgehead atoms. The molecule has 0 aliphatic rings. The van der Waals surface area contributed by atoms with Crippen LogP contribution < -0.4 is 5.73 Å². The lowest BCUT2D eigenvalue weighted by Crippen LogP contribution is -2.37. The number of rotatable bonds is 2. The van der Waals surface area contributed by atoms with Crippen molar-refractivity contribution in [3.8, 4) is 5.75 Å². The molecule has 1 atom stereocenters. The molecule has 0 unspecified atom stereocenters. The number of benzene rings is 1. The number of hydrogen-bond acceptors (Lipinski definition) is 3. The summed E-state index contributed by atoms with van der Waals surface area (Å²) in [5, 5.41) is 18.2. The first-order chi connectivity index (χ1) is 5.97. The molecular formula is C9H12FNO2. The van der Waals surface area contributed by atoms with Crippen molar-refractivity contribution in [3.63, 3.8) is 0 Å². The number of aromatic hydroxyl groups is 1. The van der Waals surface area contributed by atoms with Crippen molar-refractivity contribution in [2.24, 2.45) is 5.73 Å². The van der Waals surface area contributed by atoms with Gasteiger partial charge in [-0.2, -0.15) is 0 Å². The van der Waals surface area contributed by atoms with Crippen LogP contribution in [0, 0.1) is 5.82 Å². The fourth-order valence-corrected chi connectivity index (χ4v) is 1.05. The summed E-state index contributed by atoms with van der Waals surface area (Å²) in [5.74, 6) is -0.599. The molecule has 0 amide bonds. The van der Waals surface area contributed by atoms with E-state index in [9.17, 15) is 9.50 Å². The largest absolute Gasteiger partial charge is 0.508 e. The van der Waals surface area contributed by atoms with E-state index >= 15 is 0 Å². The summed E-state index contributed by atoms with van der Waals surface area (Å²) in [5.41, 5.74) is 4.72. The van der Waals surface area contributed by atoms with Gasteiger partial charge in [0.1, 0.15) is 11.6 Å². The second kappa shape index (κ2) is 3.32. The molecule has 0 spiro atoms. The van der Waals surface area contributed by atoms with Crippen LogP contribution in [0.4, 0.5) is 4.39 Å². The molecule has 13 heavy (non-hydrogen) atoms. The third-order valence-corrected chi connectivity index (χ3v) is 1.90. The molecule has 1 rings (SSSR count). The second-order valence-electron chi connectivity index (χ2n) is 3.24. The molecule has 0 aliphatic carbocycles. The molecule has 72 valence electrons. The highest BCUT2D eigenvalue weighted by Gasteiger charge is 2.23. The van der Waals surface area contributed by atoms with Crippen LogP contribution in [0.1, 0.15) is 12.5 Å². The first-order valence-electron chi connectivity index (χ1n) is 3.86. The zero-order valence-corrected chi connectivity index (χ0v) is 7.29. The van der Waals surface area contributed by atoms with Gasteiger partial charge in [0.2, 0.25) is 0 Å². The maximum absolute atomic E-state index is 12.8. The molecule has 0 heterocycles. The van der Waals surface area contributed by atoms with Crippen LogP contribution in [-0.4, -0.2) is 16.8 Å². The molecule has 4 heteroatoms. The summed E-state index contributed by atoms with van der Waals surface area (Å²) in [6.45, 7) is 1.16. The van der Waals surface area contributed by atoms with Gasteiger partial charge in [0, 0.05) is 5.56 Å². The maximum atomic E-state index is 12.8. The highest BCUT2D eigenvalue weighted by Crippen LogP contribution is 2.27. The number of nitrogens with two attached hydrogens (primary N) is 1. The normalized spacial score (nSPS) is 15.4. The predicted molar refractivity (Wildman–Crippen MR) is 46.7 cm³/mol. The van der Waals surface area contributed by atoms with Crippen molar-refractivity contribution in [2.45, 2.75) is 12.5 Å². The van der Waals surface area contributed by atoms with E-state index in [0.717, 1.165) is 12.1 Å². The SMILES string of the molecule is C[C@](N)(CO)c1cc(F)ccc1O. The molecule has 0 saturated heterocycles. The first kappa shape index (κ1) is 9.95. The average Bonchev–Trinajstić information content (AvgIpc) is 2.09. The summed E-state index contributed by atoms with van der Waals surface area (Å²) in [7, 11) is 0. The van der Waals surface area contributed by atoms with Crippen molar-refractivity contribution in [2.75, 3.05) is 6.61 Å². The summed E-state index contributed by atoms with van der Waals surface area (Å²) in [6.07, 6.45) is 0. The molecular weight excluding hydrogens is 173 g/mol. The molecule has 3 nitrogen and oxygen atoms in total. The molecule has 1 aromatic carbocycles. The molecule has 1 aromatic rings. The van der Waals surface area contributed by atoms with Crippen LogP contribution in [-0.2, 0) is 5.54 Å². The van der Waals surface area contributed by atoms with Crippen LogP contribution >= 0.6 is 0 Å². The lowest BCUT2D eigenvalue weighted by atomic mass is 9.93. The van der Waals surface area contributed by atoms with E-state index in [1.54, 1.807) is 0 Å². The molecule has 0 radical (unpaired) electrons. The van der Waals surface area contributed by atoms with Crippen molar-refractivity contribution >= 4 is 0 Å². The van der Waals surface area contributed by atoms with Gasteiger partial charge >= 0.3 is 0 Å². The van der Waals surface area contributed by atoms with Crippen molar-refractivity contribution < 1.29 is 14.6 Å². The average molecular weight is 185 g/mol. The number of hydrogen-bond donors (Lipinski definition) is 3. The van der Waals surface area contributed by atoms with E-state index in [1.165, 1.54) is 13.0 Å². The smallest absolute Gasteiger partial charge is 0.123 e. The first-order valence-corrected chi connectivity index (χ1v) is 3.86. The molecule has 0 saturated carbocycles. The zero-order valence-electron chi connectivity index (χ0n) is 7.29. The lowest BCUT2D eigenvalue weighted by molar-refractivity contribution is 0.206. The Labute approximate surface area is 75.6 Å². The van der Waals surface area contributed by atoms with E-state index in [4.69, 9.17) is 10.8 Å². The Morgan fingerprint density at radius 3 is 2.69 bits per heavy atom. The predicted octanol–water partition coefficient (Wildman–Crippen LogP) is 0.698. The number of halogens is 1. The van der Waals surface area contributed by atoms with E-state index in [0.29, 0.717) is 0 Å². The summed E-state index contributed by atoms with van der Waals surface area (Å²) >= 11 is 0. The van der Waals surface area contributed by atoms with Crippen molar-refractivity contribution in [3.05, 3.63) is 29.6 Å². The van der Waals surface area contributed by atoms with Gasteiger partial charge in [-0.15, -0.1) is 0 Å². The third kappa shape index (κ3) is 1.96. The fraction of sp³-hybridized carbons (Fsp3) is 0.333. The Balaban J connectivity index is 3.20. The van der Waals surface area contributed by atoms with E-state index in [-0.39, 0.29) is 17.9 Å². The van der Waals surface area contributed by atoms with Crippen molar-refractivity contribution in [1.82, 2.24) is 0 Å². The third-order valence-electron chi connectivity index (χ3n) is 1.90. The fourth-order valence-electron chi connectivity index (χ4n) is 1.05. The van der Waals surface area contributed by atoms with Gasteiger partial charge in [-0.3, -0.25) is 0 Å². The van der Waals surface area contributed by atoms with Gasteiger partial charge < -0.3 is 15.9 Å². The molecule has 0 aliphatic heterocycles. The maximum Gasteiger partial charge on any atom is 0.123 e. The van der Waals surface area contributed by atoms with Crippen molar-refractivity contribution in [1.29, 1.82) is 0 Å². The highest BCUT2D eigenvalue weighted by molar-refractivity contribution is 5.37. The standard InChI is InChI=1S/C9H12FNO2/c1-9(11,5-12)7-4-6(10)2-3-8(7)13/h2-4,12-13H,5,11H2,1H3/t9-/m0/s1. The van der Waals surface area contributed by atoms with Gasteiger partial charge in [-0.05, 0) is 25.1 Å². The second-order valence-corrected chi connectivity index (χ2v) is 3.24. The summed E-state index contributed by atoms with van der Waals surface area (Å²) < 4.78 is 12.8. The minimum atomic E-state index is -1.12.